The van der Waals surface area contributed by atoms with Gasteiger partial charge in [0.1, 0.15) is 0 Å². The highest BCUT2D eigenvalue weighted by Crippen LogP contribution is 2.22. The van der Waals surface area contributed by atoms with Gasteiger partial charge in [-0.2, -0.15) is 15.3 Å². The summed E-state index contributed by atoms with van der Waals surface area (Å²) >= 11 is 0. The van der Waals surface area contributed by atoms with Crippen LogP contribution < -0.4 is 0 Å². The van der Waals surface area contributed by atoms with E-state index in [9.17, 15) is 5.11 Å². The summed E-state index contributed by atoms with van der Waals surface area (Å²) in [7, 11) is 0. The van der Waals surface area contributed by atoms with Crippen LogP contribution >= 0.6 is 0 Å². The predicted molar refractivity (Wildman–Crippen MR) is 77.4 cm³/mol. The van der Waals surface area contributed by atoms with Crippen molar-refractivity contribution >= 4 is 0 Å². The molecule has 0 aromatic carbocycles. The van der Waals surface area contributed by atoms with Gasteiger partial charge < -0.3 is 5.11 Å². The molecular weight excluding hydrogens is 252 g/mol. The molecular formula is C15H22N4O. The molecule has 0 radical (unpaired) electrons. The third-order valence-corrected chi connectivity index (χ3v) is 3.41. The molecule has 0 aliphatic carbocycles. The highest BCUT2D eigenvalue weighted by molar-refractivity contribution is 5.25. The van der Waals surface area contributed by atoms with Crippen molar-refractivity contribution in [2.45, 2.75) is 53.2 Å². The zero-order chi connectivity index (χ0) is 14.7. The van der Waals surface area contributed by atoms with E-state index in [1.807, 2.05) is 37.6 Å². The van der Waals surface area contributed by atoms with Crippen molar-refractivity contribution in [3.05, 3.63) is 40.5 Å². The van der Waals surface area contributed by atoms with Crippen LogP contribution in [-0.4, -0.2) is 25.1 Å². The fourth-order valence-electron chi connectivity index (χ4n) is 2.44. The Morgan fingerprint density at radius 2 is 1.90 bits per heavy atom. The minimum absolute atomic E-state index is 0.548. The SMILES string of the molecule is CCc1nnc(C)cc1C(O)Cc1cc(C)nn1CC. The van der Waals surface area contributed by atoms with E-state index in [0.717, 1.165) is 41.3 Å². The van der Waals surface area contributed by atoms with Gasteiger partial charge in [-0.1, -0.05) is 6.92 Å². The highest BCUT2D eigenvalue weighted by Gasteiger charge is 2.17. The average Bonchev–Trinajstić information content (AvgIpc) is 2.78. The Morgan fingerprint density at radius 3 is 2.55 bits per heavy atom. The molecule has 20 heavy (non-hydrogen) atoms. The molecule has 1 N–H and O–H groups in total. The molecule has 0 bridgehead atoms. The molecule has 2 aromatic heterocycles. The van der Waals surface area contributed by atoms with Gasteiger partial charge in [0.25, 0.3) is 0 Å². The predicted octanol–water partition coefficient (Wildman–Crippen LogP) is 2.15. The summed E-state index contributed by atoms with van der Waals surface area (Å²) < 4.78 is 1.94. The largest absolute Gasteiger partial charge is 0.388 e. The lowest BCUT2D eigenvalue weighted by Gasteiger charge is -2.15. The lowest BCUT2D eigenvalue weighted by atomic mass is 10.0. The fourth-order valence-corrected chi connectivity index (χ4v) is 2.44. The van der Waals surface area contributed by atoms with Gasteiger partial charge in [-0.15, -0.1) is 0 Å². The van der Waals surface area contributed by atoms with E-state index in [1.54, 1.807) is 0 Å². The minimum atomic E-state index is -0.569. The van der Waals surface area contributed by atoms with Crippen molar-refractivity contribution in [2.24, 2.45) is 0 Å². The third kappa shape index (κ3) is 3.04. The quantitative estimate of drug-likeness (QED) is 0.907. The number of nitrogens with zero attached hydrogens (tertiary/aromatic N) is 4. The topological polar surface area (TPSA) is 63.8 Å². The number of rotatable bonds is 5. The summed E-state index contributed by atoms with van der Waals surface area (Å²) in [6, 6.07) is 3.95. The molecule has 2 aromatic rings. The molecule has 0 aliphatic heterocycles. The Bertz CT molecular complexity index is 592. The monoisotopic (exact) mass is 274 g/mol. The molecule has 108 valence electrons. The zero-order valence-electron chi connectivity index (χ0n) is 12.6. The van der Waals surface area contributed by atoms with Crippen molar-refractivity contribution in [3.8, 4) is 0 Å². The number of aliphatic hydroxyl groups excluding tert-OH is 1. The van der Waals surface area contributed by atoms with Gasteiger partial charge in [-0.05, 0) is 39.3 Å². The maximum Gasteiger partial charge on any atom is 0.0864 e. The van der Waals surface area contributed by atoms with E-state index in [2.05, 4.69) is 22.2 Å². The number of aliphatic hydroxyl groups is 1. The summed E-state index contributed by atoms with van der Waals surface area (Å²) in [6.07, 6.45) is 0.749. The highest BCUT2D eigenvalue weighted by atomic mass is 16.3. The Morgan fingerprint density at radius 1 is 1.15 bits per heavy atom. The van der Waals surface area contributed by atoms with Gasteiger partial charge >= 0.3 is 0 Å². The van der Waals surface area contributed by atoms with E-state index >= 15 is 0 Å². The normalized spacial score (nSPS) is 12.7. The minimum Gasteiger partial charge on any atom is -0.388 e. The Labute approximate surface area is 119 Å². The fraction of sp³-hybridized carbons (Fsp3) is 0.533. The molecule has 0 saturated heterocycles. The molecule has 0 amide bonds. The zero-order valence-corrected chi connectivity index (χ0v) is 12.6. The van der Waals surface area contributed by atoms with Crippen molar-refractivity contribution in [2.75, 3.05) is 0 Å². The van der Waals surface area contributed by atoms with Crippen LogP contribution in [0.5, 0.6) is 0 Å². The van der Waals surface area contributed by atoms with Crippen molar-refractivity contribution in [3.63, 3.8) is 0 Å². The Kier molecular flexibility index (Phi) is 4.49. The first-order chi connectivity index (χ1) is 9.55. The standard InChI is InChI=1S/C15H22N4O/c1-5-14-13(8-10(3)16-17-14)15(20)9-12-7-11(4)18-19(12)6-2/h7-8,15,20H,5-6,9H2,1-4H3. The van der Waals surface area contributed by atoms with Crippen LogP contribution in [0.4, 0.5) is 0 Å². The second kappa shape index (κ2) is 6.13. The summed E-state index contributed by atoms with van der Waals surface area (Å²) in [5, 5.41) is 23.2. The van der Waals surface area contributed by atoms with Gasteiger partial charge in [0, 0.05) is 24.2 Å². The molecule has 0 aliphatic rings. The van der Waals surface area contributed by atoms with Crippen LogP contribution in [0.25, 0.3) is 0 Å². The molecule has 0 fully saturated rings. The Balaban J connectivity index is 2.27. The van der Waals surface area contributed by atoms with Gasteiger partial charge in [0.05, 0.1) is 23.2 Å². The average molecular weight is 274 g/mol. The molecule has 5 nitrogen and oxygen atoms in total. The van der Waals surface area contributed by atoms with Crippen LogP contribution in [0.2, 0.25) is 0 Å². The van der Waals surface area contributed by atoms with E-state index in [1.165, 1.54) is 0 Å². The van der Waals surface area contributed by atoms with Crippen LogP contribution in [-0.2, 0) is 19.4 Å². The second-order valence-electron chi connectivity index (χ2n) is 5.05. The Hall–Kier alpha value is -1.75. The maximum absolute atomic E-state index is 10.5. The van der Waals surface area contributed by atoms with E-state index < -0.39 is 6.10 Å². The van der Waals surface area contributed by atoms with Crippen LogP contribution in [0, 0.1) is 13.8 Å². The summed E-state index contributed by atoms with van der Waals surface area (Å²) in [5.41, 5.74) is 4.60. The number of hydrogen-bond acceptors (Lipinski definition) is 4. The first-order valence-corrected chi connectivity index (χ1v) is 7.09. The molecule has 0 saturated carbocycles. The second-order valence-corrected chi connectivity index (χ2v) is 5.05. The van der Waals surface area contributed by atoms with Crippen molar-refractivity contribution < 1.29 is 5.11 Å². The molecule has 2 rings (SSSR count). The van der Waals surface area contributed by atoms with Gasteiger partial charge in [-0.25, -0.2) is 0 Å². The molecule has 0 spiro atoms. The number of aromatic nitrogens is 4. The maximum atomic E-state index is 10.5. The molecule has 1 atom stereocenters. The summed E-state index contributed by atoms with van der Waals surface area (Å²) in [5.74, 6) is 0. The lowest BCUT2D eigenvalue weighted by Crippen LogP contribution is -2.12. The molecule has 1 unspecified atom stereocenters. The van der Waals surface area contributed by atoms with E-state index in [-0.39, 0.29) is 0 Å². The first-order valence-electron chi connectivity index (χ1n) is 7.09. The summed E-state index contributed by atoms with van der Waals surface area (Å²) in [6.45, 7) is 8.75. The van der Waals surface area contributed by atoms with Gasteiger partial charge in [-0.3, -0.25) is 4.68 Å². The van der Waals surface area contributed by atoms with Crippen molar-refractivity contribution in [1.29, 1.82) is 0 Å². The lowest BCUT2D eigenvalue weighted by molar-refractivity contribution is 0.173. The third-order valence-electron chi connectivity index (χ3n) is 3.41. The van der Waals surface area contributed by atoms with Gasteiger partial charge in [0.2, 0.25) is 0 Å². The van der Waals surface area contributed by atoms with E-state index in [4.69, 9.17) is 0 Å². The molecule has 2 heterocycles. The van der Waals surface area contributed by atoms with Crippen LogP contribution in [0.3, 0.4) is 0 Å². The van der Waals surface area contributed by atoms with Gasteiger partial charge in [0.15, 0.2) is 0 Å². The van der Waals surface area contributed by atoms with Crippen LogP contribution in [0.1, 0.15) is 48.3 Å². The smallest absolute Gasteiger partial charge is 0.0864 e. The molecule has 5 heteroatoms. The number of aryl methyl sites for hydroxylation is 4. The van der Waals surface area contributed by atoms with E-state index in [0.29, 0.717) is 6.42 Å². The van der Waals surface area contributed by atoms with Crippen molar-refractivity contribution in [1.82, 2.24) is 20.0 Å². The van der Waals surface area contributed by atoms with Crippen LogP contribution in [0.15, 0.2) is 12.1 Å². The number of hydrogen-bond donors (Lipinski definition) is 1. The first kappa shape index (κ1) is 14.7. The summed E-state index contributed by atoms with van der Waals surface area (Å²) in [4.78, 5) is 0.